The summed E-state index contributed by atoms with van der Waals surface area (Å²) < 4.78 is 0.988. The van der Waals surface area contributed by atoms with Crippen molar-refractivity contribution >= 4 is 15.9 Å². The van der Waals surface area contributed by atoms with Gasteiger partial charge in [0.1, 0.15) is 0 Å². The summed E-state index contributed by atoms with van der Waals surface area (Å²) in [5.41, 5.74) is 0. The lowest BCUT2D eigenvalue weighted by atomic mass is 10.3. The first kappa shape index (κ1) is 8.24. The van der Waals surface area contributed by atoms with Gasteiger partial charge in [-0.25, -0.2) is 0 Å². The molecule has 1 fully saturated rings. The predicted molar refractivity (Wildman–Crippen MR) is 45.1 cm³/mol. The fourth-order valence-electron chi connectivity index (χ4n) is 1.20. The van der Waals surface area contributed by atoms with Crippen molar-refractivity contribution in [3.05, 3.63) is 11.1 Å². The minimum atomic E-state index is -0.119. The van der Waals surface area contributed by atoms with Crippen LogP contribution in [-0.4, -0.2) is 35.7 Å². The number of hydrogen-bond donors (Lipinski definition) is 1. The first-order chi connectivity index (χ1) is 4.68. The molecule has 2 nitrogen and oxygen atoms in total. The van der Waals surface area contributed by atoms with Crippen molar-refractivity contribution in [1.29, 1.82) is 0 Å². The number of aliphatic hydroxyl groups is 1. The predicted octanol–water partition coefficient (Wildman–Crippen LogP) is 0.962. The molecule has 0 radical (unpaired) electrons. The van der Waals surface area contributed by atoms with E-state index in [1.165, 1.54) is 0 Å². The zero-order valence-electron chi connectivity index (χ0n) is 5.89. The molecule has 0 aromatic rings. The lowest BCUT2D eigenvalue weighted by molar-refractivity contribution is 0.179. The Hall–Kier alpha value is 0.140. The second-order valence-corrected chi connectivity index (χ2v) is 3.82. The van der Waals surface area contributed by atoms with Crippen LogP contribution in [-0.2, 0) is 0 Å². The fourth-order valence-corrected chi connectivity index (χ4v) is 1.55. The van der Waals surface area contributed by atoms with E-state index in [0.717, 1.165) is 30.5 Å². The van der Waals surface area contributed by atoms with Gasteiger partial charge in [-0.15, -0.1) is 0 Å². The molecule has 0 saturated carbocycles. The number of rotatable bonds is 2. The lowest BCUT2D eigenvalue weighted by Gasteiger charge is -2.12. The molecule has 1 saturated heterocycles. The lowest BCUT2D eigenvalue weighted by Crippen LogP contribution is -2.22. The van der Waals surface area contributed by atoms with Crippen LogP contribution in [0.3, 0.4) is 0 Å². The molecule has 3 heteroatoms. The summed E-state index contributed by atoms with van der Waals surface area (Å²) in [6.45, 7) is 6.38. The van der Waals surface area contributed by atoms with Gasteiger partial charge in [0.05, 0.1) is 6.10 Å². The number of hydrogen-bond acceptors (Lipinski definition) is 2. The maximum absolute atomic E-state index is 9.13. The van der Waals surface area contributed by atoms with Gasteiger partial charge in [-0.1, -0.05) is 22.5 Å². The standard InChI is InChI=1S/C7H12BrNO/c1-6(8)4-9-3-2-7(10)5-9/h7,10H,1-5H2/t7-/m1/s1. The average molecular weight is 206 g/mol. The molecule has 58 valence electrons. The molecule has 1 heterocycles. The van der Waals surface area contributed by atoms with Crippen molar-refractivity contribution in [3.63, 3.8) is 0 Å². The second-order valence-electron chi connectivity index (χ2n) is 2.69. The van der Waals surface area contributed by atoms with Gasteiger partial charge in [-0.3, -0.25) is 4.90 Å². The van der Waals surface area contributed by atoms with Crippen LogP contribution < -0.4 is 0 Å². The van der Waals surface area contributed by atoms with Crippen LogP contribution in [0.4, 0.5) is 0 Å². The van der Waals surface area contributed by atoms with Crippen LogP contribution in [0.2, 0.25) is 0 Å². The van der Waals surface area contributed by atoms with Gasteiger partial charge >= 0.3 is 0 Å². The Morgan fingerprint density at radius 3 is 2.90 bits per heavy atom. The van der Waals surface area contributed by atoms with E-state index in [9.17, 15) is 0 Å². The topological polar surface area (TPSA) is 23.5 Å². The molecule has 0 amide bonds. The maximum Gasteiger partial charge on any atom is 0.0679 e. The van der Waals surface area contributed by atoms with E-state index in [-0.39, 0.29) is 6.10 Å². The zero-order valence-corrected chi connectivity index (χ0v) is 7.47. The molecule has 0 aliphatic carbocycles. The van der Waals surface area contributed by atoms with Crippen molar-refractivity contribution in [1.82, 2.24) is 4.90 Å². The van der Waals surface area contributed by atoms with Crippen LogP contribution >= 0.6 is 15.9 Å². The third-order valence-electron chi connectivity index (χ3n) is 1.64. The van der Waals surface area contributed by atoms with Gasteiger partial charge in [0.15, 0.2) is 0 Å². The van der Waals surface area contributed by atoms with E-state index in [4.69, 9.17) is 5.11 Å². The summed E-state index contributed by atoms with van der Waals surface area (Å²) in [4.78, 5) is 2.18. The van der Waals surface area contributed by atoms with Crippen LogP contribution in [0.5, 0.6) is 0 Å². The normalized spacial score (nSPS) is 27.2. The summed E-state index contributed by atoms with van der Waals surface area (Å²) in [6, 6.07) is 0. The molecule has 0 spiro atoms. The average Bonchev–Trinajstić information content (AvgIpc) is 2.13. The van der Waals surface area contributed by atoms with Crippen LogP contribution in [0.1, 0.15) is 6.42 Å². The SMILES string of the molecule is C=C(Br)CN1CC[C@@H](O)C1. The third-order valence-corrected chi connectivity index (χ3v) is 1.89. The van der Waals surface area contributed by atoms with Gasteiger partial charge in [-0.05, 0) is 6.42 Å². The Morgan fingerprint density at radius 2 is 2.50 bits per heavy atom. The first-order valence-electron chi connectivity index (χ1n) is 3.42. The first-order valence-corrected chi connectivity index (χ1v) is 4.21. The van der Waals surface area contributed by atoms with Gasteiger partial charge in [0.25, 0.3) is 0 Å². The van der Waals surface area contributed by atoms with Crippen molar-refractivity contribution in [2.45, 2.75) is 12.5 Å². The number of nitrogens with zero attached hydrogens (tertiary/aromatic N) is 1. The molecule has 1 aliphatic heterocycles. The highest BCUT2D eigenvalue weighted by atomic mass is 79.9. The minimum absolute atomic E-state index is 0.119. The molecule has 0 aromatic carbocycles. The quantitative estimate of drug-likeness (QED) is 0.727. The third kappa shape index (κ3) is 2.40. The van der Waals surface area contributed by atoms with E-state index < -0.39 is 0 Å². The molecule has 0 unspecified atom stereocenters. The van der Waals surface area contributed by atoms with Crippen molar-refractivity contribution in [2.75, 3.05) is 19.6 Å². The largest absolute Gasteiger partial charge is 0.392 e. The van der Waals surface area contributed by atoms with Gasteiger partial charge < -0.3 is 5.11 Å². The summed E-state index contributed by atoms with van der Waals surface area (Å²) in [5, 5.41) is 9.13. The molecule has 1 N–H and O–H groups in total. The van der Waals surface area contributed by atoms with E-state index in [0.29, 0.717) is 0 Å². The van der Waals surface area contributed by atoms with Crippen molar-refractivity contribution < 1.29 is 5.11 Å². The van der Waals surface area contributed by atoms with Crippen molar-refractivity contribution in [2.24, 2.45) is 0 Å². The number of likely N-dealkylation sites (tertiary alicyclic amines) is 1. The maximum atomic E-state index is 9.13. The molecular formula is C7H12BrNO. The Bertz CT molecular complexity index is 138. The molecule has 0 bridgehead atoms. The second kappa shape index (κ2) is 3.51. The van der Waals surface area contributed by atoms with E-state index >= 15 is 0 Å². The highest BCUT2D eigenvalue weighted by molar-refractivity contribution is 9.11. The zero-order chi connectivity index (χ0) is 7.56. The Morgan fingerprint density at radius 1 is 1.80 bits per heavy atom. The number of aliphatic hydroxyl groups excluding tert-OH is 1. The molecule has 1 rings (SSSR count). The van der Waals surface area contributed by atoms with Gasteiger partial charge in [0.2, 0.25) is 0 Å². The summed E-state index contributed by atoms with van der Waals surface area (Å²) in [5.74, 6) is 0. The van der Waals surface area contributed by atoms with E-state index in [1.54, 1.807) is 0 Å². The monoisotopic (exact) mass is 205 g/mol. The number of β-amino-alcohol motifs (C(OH)–C–C–N with tert-alkyl or cyclic N) is 1. The van der Waals surface area contributed by atoms with E-state index in [1.807, 2.05) is 0 Å². The molecule has 10 heavy (non-hydrogen) atoms. The molecule has 1 aliphatic rings. The smallest absolute Gasteiger partial charge is 0.0679 e. The Kier molecular flexibility index (Phi) is 2.89. The van der Waals surface area contributed by atoms with Crippen LogP contribution in [0.15, 0.2) is 11.1 Å². The van der Waals surface area contributed by atoms with Gasteiger partial charge in [-0.2, -0.15) is 0 Å². The Balaban J connectivity index is 2.24. The molecule has 1 atom stereocenters. The Labute approximate surface area is 69.7 Å². The summed E-state index contributed by atoms with van der Waals surface area (Å²) >= 11 is 3.29. The minimum Gasteiger partial charge on any atom is -0.392 e. The van der Waals surface area contributed by atoms with Gasteiger partial charge in [0, 0.05) is 24.1 Å². The fraction of sp³-hybridized carbons (Fsp3) is 0.714. The summed E-state index contributed by atoms with van der Waals surface area (Å²) in [7, 11) is 0. The molecular weight excluding hydrogens is 194 g/mol. The highest BCUT2D eigenvalue weighted by Gasteiger charge is 2.19. The van der Waals surface area contributed by atoms with Crippen LogP contribution in [0, 0.1) is 0 Å². The molecule has 0 aromatic heterocycles. The summed E-state index contributed by atoms with van der Waals surface area (Å²) in [6.07, 6.45) is 0.784. The van der Waals surface area contributed by atoms with Crippen molar-refractivity contribution in [3.8, 4) is 0 Å². The van der Waals surface area contributed by atoms with Crippen LogP contribution in [0.25, 0.3) is 0 Å². The highest BCUT2D eigenvalue weighted by Crippen LogP contribution is 2.12. The number of halogens is 1. The van der Waals surface area contributed by atoms with E-state index in [2.05, 4.69) is 27.4 Å².